The first-order chi connectivity index (χ1) is 10.1. The Balaban J connectivity index is 2.00. The Labute approximate surface area is 126 Å². The van der Waals surface area contributed by atoms with Gasteiger partial charge in [0.05, 0.1) is 6.20 Å². The van der Waals surface area contributed by atoms with E-state index >= 15 is 0 Å². The molecule has 0 fully saturated rings. The van der Waals surface area contributed by atoms with Crippen molar-refractivity contribution in [2.24, 2.45) is 0 Å². The Kier molecular flexibility index (Phi) is 5.05. The van der Waals surface area contributed by atoms with Gasteiger partial charge in [-0.15, -0.1) is 11.3 Å². The van der Waals surface area contributed by atoms with Crippen molar-refractivity contribution in [3.63, 3.8) is 0 Å². The molecule has 0 aliphatic heterocycles. The maximum atomic E-state index is 12.2. The second-order valence-corrected chi connectivity index (χ2v) is 5.65. The van der Waals surface area contributed by atoms with Crippen LogP contribution in [0.15, 0.2) is 36.5 Å². The summed E-state index contributed by atoms with van der Waals surface area (Å²) in [5.74, 6) is -0.972. The quantitative estimate of drug-likeness (QED) is 0.891. The number of amides is 1. The van der Waals surface area contributed by atoms with E-state index < -0.39 is 5.97 Å². The normalized spacial score (nSPS) is 10.3. The highest BCUT2D eigenvalue weighted by molar-refractivity contribution is 7.16. The van der Waals surface area contributed by atoms with Crippen molar-refractivity contribution in [2.75, 3.05) is 13.6 Å². The molecule has 0 aliphatic rings. The third-order valence-corrected chi connectivity index (χ3v) is 4.00. The molecule has 1 amide bonds. The lowest BCUT2D eigenvalue weighted by Gasteiger charge is -2.14. The summed E-state index contributed by atoms with van der Waals surface area (Å²) in [7, 11) is 1.67. The summed E-state index contributed by atoms with van der Waals surface area (Å²) in [6, 6.07) is 9.68. The molecule has 5 nitrogen and oxygen atoms in total. The number of thiazole rings is 1. The Hall–Kier alpha value is -2.21. The third kappa shape index (κ3) is 4.13. The fraction of sp³-hybridized carbons (Fsp3) is 0.267. The minimum Gasteiger partial charge on any atom is -0.481 e. The Morgan fingerprint density at radius 1 is 1.29 bits per heavy atom. The van der Waals surface area contributed by atoms with Crippen molar-refractivity contribution in [1.82, 2.24) is 9.88 Å². The molecule has 6 heteroatoms. The average molecular weight is 304 g/mol. The van der Waals surface area contributed by atoms with Gasteiger partial charge in [-0.05, 0) is 6.42 Å². The van der Waals surface area contributed by atoms with Gasteiger partial charge < -0.3 is 10.0 Å². The largest absolute Gasteiger partial charge is 0.481 e. The van der Waals surface area contributed by atoms with E-state index in [0.29, 0.717) is 17.8 Å². The molecule has 0 atom stereocenters. The maximum absolute atomic E-state index is 12.2. The maximum Gasteiger partial charge on any atom is 0.303 e. The predicted molar refractivity (Wildman–Crippen MR) is 81.4 cm³/mol. The highest BCUT2D eigenvalue weighted by atomic mass is 32.1. The second-order valence-electron chi connectivity index (χ2n) is 4.62. The summed E-state index contributed by atoms with van der Waals surface area (Å²) in [5.41, 5.74) is 0.982. The molecule has 0 spiro atoms. The van der Waals surface area contributed by atoms with Crippen molar-refractivity contribution in [1.29, 1.82) is 0 Å². The molecular formula is C15H16N2O3S. The van der Waals surface area contributed by atoms with Crippen LogP contribution in [-0.4, -0.2) is 40.5 Å². The van der Waals surface area contributed by atoms with E-state index in [1.807, 2.05) is 30.3 Å². The lowest BCUT2D eigenvalue weighted by molar-refractivity contribution is -0.137. The first-order valence-corrected chi connectivity index (χ1v) is 7.38. The summed E-state index contributed by atoms with van der Waals surface area (Å²) >= 11 is 1.34. The Bertz CT molecular complexity index is 625. The highest BCUT2D eigenvalue weighted by Gasteiger charge is 2.15. The van der Waals surface area contributed by atoms with Gasteiger partial charge in [0, 0.05) is 25.6 Å². The van der Waals surface area contributed by atoms with Crippen molar-refractivity contribution in [2.45, 2.75) is 12.8 Å². The predicted octanol–water partition coefficient (Wildman–Crippen LogP) is 2.75. The van der Waals surface area contributed by atoms with E-state index in [0.717, 1.165) is 10.6 Å². The molecule has 110 valence electrons. The summed E-state index contributed by atoms with van der Waals surface area (Å²) in [6.45, 7) is 0.420. The summed E-state index contributed by atoms with van der Waals surface area (Å²) in [4.78, 5) is 29.1. The van der Waals surface area contributed by atoms with Gasteiger partial charge in [0.1, 0.15) is 9.88 Å². The molecule has 1 aromatic heterocycles. The second kappa shape index (κ2) is 6.99. The van der Waals surface area contributed by atoms with Crippen LogP contribution in [0.3, 0.4) is 0 Å². The van der Waals surface area contributed by atoms with E-state index in [4.69, 9.17) is 5.11 Å². The first kappa shape index (κ1) is 15.2. The minimum absolute atomic E-state index is 0.0651. The van der Waals surface area contributed by atoms with E-state index in [1.165, 1.54) is 16.2 Å². The first-order valence-electron chi connectivity index (χ1n) is 6.56. The minimum atomic E-state index is -0.847. The average Bonchev–Trinajstić information content (AvgIpc) is 2.96. The van der Waals surface area contributed by atoms with Crippen molar-refractivity contribution in [3.8, 4) is 10.6 Å². The molecule has 0 radical (unpaired) electrons. The topological polar surface area (TPSA) is 70.5 Å². The van der Waals surface area contributed by atoms with Gasteiger partial charge in [0.2, 0.25) is 0 Å². The van der Waals surface area contributed by atoms with Gasteiger partial charge in [-0.1, -0.05) is 30.3 Å². The molecule has 0 saturated heterocycles. The number of benzene rings is 1. The van der Waals surface area contributed by atoms with Gasteiger partial charge in [0.15, 0.2) is 0 Å². The van der Waals surface area contributed by atoms with Crippen LogP contribution in [0.2, 0.25) is 0 Å². The Morgan fingerprint density at radius 3 is 2.67 bits per heavy atom. The molecule has 0 saturated carbocycles. The van der Waals surface area contributed by atoms with Crippen LogP contribution in [-0.2, 0) is 4.79 Å². The molecule has 1 heterocycles. The third-order valence-electron chi connectivity index (χ3n) is 2.97. The van der Waals surface area contributed by atoms with Crippen LogP contribution in [0.1, 0.15) is 22.5 Å². The zero-order chi connectivity index (χ0) is 15.2. The molecule has 21 heavy (non-hydrogen) atoms. The van der Waals surface area contributed by atoms with Gasteiger partial charge in [-0.25, -0.2) is 4.98 Å². The van der Waals surface area contributed by atoms with Gasteiger partial charge in [-0.2, -0.15) is 0 Å². The van der Waals surface area contributed by atoms with E-state index in [9.17, 15) is 9.59 Å². The van der Waals surface area contributed by atoms with E-state index in [1.54, 1.807) is 13.2 Å². The highest BCUT2D eigenvalue weighted by Crippen LogP contribution is 2.25. The van der Waals surface area contributed by atoms with Crippen LogP contribution >= 0.6 is 11.3 Å². The summed E-state index contributed by atoms with van der Waals surface area (Å²) in [5, 5.41) is 9.40. The Morgan fingerprint density at radius 2 is 2.00 bits per heavy atom. The number of aliphatic carboxylic acids is 1. The molecule has 0 aliphatic carbocycles. The molecular weight excluding hydrogens is 288 g/mol. The lowest BCUT2D eigenvalue weighted by Crippen LogP contribution is -2.27. The van der Waals surface area contributed by atoms with Crippen LogP contribution in [0.4, 0.5) is 0 Å². The number of carbonyl (C=O) groups excluding carboxylic acids is 1. The number of carboxylic acid groups (broad SMARTS) is 1. The number of hydrogen-bond acceptors (Lipinski definition) is 4. The number of rotatable bonds is 6. The fourth-order valence-corrected chi connectivity index (χ4v) is 2.76. The van der Waals surface area contributed by atoms with Crippen molar-refractivity contribution < 1.29 is 14.7 Å². The molecule has 2 rings (SSSR count). The van der Waals surface area contributed by atoms with Crippen molar-refractivity contribution >= 4 is 23.2 Å². The van der Waals surface area contributed by atoms with Crippen LogP contribution in [0.5, 0.6) is 0 Å². The van der Waals surface area contributed by atoms with Gasteiger partial charge >= 0.3 is 5.97 Å². The number of carboxylic acids is 1. The smallest absolute Gasteiger partial charge is 0.303 e. The summed E-state index contributed by atoms with van der Waals surface area (Å²) in [6.07, 6.45) is 2.08. The lowest BCUT2D eigenvalue weighted by atomic mass is 10.2. The van der Waals surface area contributed by atoms with E-state index in [-0.39, 0.29) is 12.3 Å². The summed E-state index contributed by atoms with van der Waals surface area (Å²) < 4.78 is 0. The monoisotopic (exact) mass is 304 g/mol. The molecule has 0 bridgehead atoms. The molecule has 2 aromatic rings. The number of hydrogen-bond donors (Lipinski definition) is 1. The zero-order valence-electron chi connectivity index (χ0n) is 11.7. The number of nitrogens with zero attached hydrogens (tertiary/aromatic N) is 2. The van der Waals surface area contributed by atoms with Crippen LogP contribution in [0.25, 0.3) is 10.6 Å². The molecule has 1 aromatic carbocycles. The van der Waals surface area contributed by atoms with Crippen LogP contribution in [0, 0.1) is 0 Å². The van der Waals surface area contributed by atoms with Crippen LogP contribution < -0.4 is 0 Å². The SMILES string of the molecule is CN(CCCC(=O)O)C(=O)c1cnc(-c2ccccc2)s1. The zero-order valence-corrected chi connectivity index (χ0v) is 12.5. The van der Waals surface area contributed by atoms with Crippen molar-refractivity contribution in [3.05, 3.63) is 41.4 Å². The van der Waals surface area contributed by atoms with Gasteiger partial charge in [0.25, 0.3) is 5.91 Å². The molecule has 1 N–H and O–H groups in total. The van der Waals surface area contributed by atoms with E-state index in [2.05, 4.69) is 4.98 Å². The fourth-order valence-electron chi connectivity index (χ4n) is 1.84. The van der Waals surface area contributed by atoms with Gasteiger partial charge in [-0.3, -0.25) is 9.59 Å². The number of aromatic nitrogens is 1. The molecule has 0 unspecified atom stereocenters. The standard InChI is InChI=1S/C15H16N2O3S/c1-17(9-5-8-13(18)19)15(20)12-10-16-14(21-12)11-6-3-2-4-7-11/h2-4,6-7,10H,5,8-9H2,1H3,(H,18,19). The number of carbonyl (C=O) groups is 2.